The second-order valence-electron chi connectivity index (χ2n) is 4.42. The molecule has 2 rings (SSSR count). The van der Waals surface area contributed by atoms with E-state index in [9.17, 15) is 8.42 Å². The molecule has 0 unspecified atom stereocenters. The Morgan fingerprint density at radius 3 is 2.53 bits per heavy atom. The molecule has 3 N–H and O–H groups in total. The van der Waals surface area contributed by atoms with Crippen molar-refractivity contribution in [2.75, 3.05) is 10.5 Å². The Hall–Kier alpha value is -2.01. The molecule has 0 bridgehead atoms. The summed E-state index contributed by atoms with van der Waals surface area (Å²) in [6.07, 6.45) is 0. The minimum atomic E-state index is -3.43. The van der Waals surface area contributed by atoms with E-state index in [1.165, 1.54) is 0 Å². The van der Waals surface area contributed by atoms with E-state index < -0.39 is 10.0 Å². The molecule has 100 valence electrons. The summed E-state index contributed by atoms with van der Waals surface area (Å²) in [7, 11) is -3.43. The summed E-state index contributed by atoms with van der Waals surface area (Å²) in [6.45, 7) is 1.86. The molecule has 0 amide bonds. The van der Waals surface area contributed by atoms with Gasteiger partial charge in [0, 0.05) is 5.69 Å². The zero-order chi connectivity index (χ0) is 13.9. The lowest BCUT2D eigenvalue weighted by Gasteiger charge is -2.10. The fourth-order valence-electron chi connectivity index (χ4n) is 1.79. The molecule has 0 saturated carbocycles. The first-order valence-electron chi connectivity index (χ1n) is 5.87. The topological polar surface area (TPSA) is 72.2 Å². The van der Waals surface area contributed by atoms with Crippen LogP contribution in [0.1, 0.15) is 11.1 Å². The third-order valence-corrected chi connectivity index (χ3v) is 3.96. The number of nitrogen functional groups attached to an aromatic ring is 1. The monoisotopic (exact) mass is 276 g/mol. The maximum Gasteiger partial charge on any atom is 0.236 e. The Morgan fingerprint density at radius 2 is 1.84 bits per heavy atom. The van der Waals surface area contributed by atoms with Crippen LogP contribution in [0.4, 0.5) is 11.4 Å². The van der Waals surface area contributed by atoms with Crippen LogP contribution >= 0.6 is 0 Å². The number of benzene rings is 2. The molecule has 0 aliphatic carbocycles. The number of anilines is 2. The number of rotatable bonds is 4. The largest absolute Gasteiger partial charge is 0.399 e. The summed E-state index contributed by atoms with van der Waals surface area (Å²) in [5.41, 5.74) is 8.36. The lowest BCUT2D eigenvalue weighted by molar-refractivity contribution is 0.600. The zero-order valence-corrected chi connectivity index (χ0v) is 11.4. The highest BCUT2D eigenvalue weighted by Gasteiger charge is 2.12. The van der Waals surface area contributed by atoms with Gasteiger partial charge in [0.15, 0.2) is 0 Å². The number of hydrogen-bond donors (Lipinski definition) is 2. The van der Waals surface area contributed by atoms with Gasteiger partial charge in [0.1, 0.15) is 0 Å². The predicted octanol–water partition coefficient (Wildman–Crippen LogP) is 2.52. The first-order valence-corrected chi connectivity index (χ1v) is 7.52. The molecule has 0 aliphatic heterocycles. The molecular formula is C14H16N2O2S. The zero-order valence-electron chi connectivity index (χ0n) is 10.6. The van der Waals surface area contributed by atoms with Crippen LogP contribution in [0, 0.1) is 6.92 Å². The van der Waals surface area contributed by atoms with Gasteiger partial charge in [-0.05, 0) is 36.2 Å². The van der Waals surface area contributed by atoms with E-state index in [0.29, 0.717) is 16.9 Å². The van der Waals surface area contributed by atoms with Gasteiger partial charge in [-0.25, -0.2) is 8.42 Å². The van der Waals surface area contributed by atoms with Gasteiger partial charge < -0.3 is 5.73 Å². The highest BCUT2D eigenvalue weighted by molar-refractivity contribution is 7.91. The smallest absolute Gasteiger partial charge is 0.236 e. The van der Waals surface area contributed by atoms with Gasteiger partial charge in [0.25, 0.3) is 0 Å². The van der Waals surface area contributed by atoms with Gasteiger partial charge in [-0.2, -0.15) is 0 Å². The van der Waals surface area contributed by atoms with Crippen molar-refractivity contribution in [1.82, 2.24) is 0 Å². The van der Waals surface area contributed by atoms with Crippen LogP contribution in [0.2, 0.25) is 0 Å². The number of para-hydroxylation sites is 1. The second kappa shape index (κ2) is 5.32. The van der Waals surface area contributed by atoms with Crippen molar-refractivity contribution >= 4 is 21.4 Å². The molecule has 0 radical (unpaired) electrons. The molecule has 0 aromatic heterocycles. The maximum atomic E-state index is 12.1. The van der Waals surface area contributed by atoms with Gasteiger partial charge in [-0.15, -0.1) is 0 Å². The van der Waals surface area contributed by atoms with E-state index in [1.807, 2.05) is 19.1 Å². The molecule has 0 heterocycles. The van der Waals surface area contributed by atoms with E-state index >= 15 is 0 Å². The van der Waals surface area contributed by atoms with Crippen LogP contribution in [0.3, 0.4) is 0 Å². The summed E-state index contributed by atoms with van der Waals surface area (Å²) in [5.74, 6) is -0.0909. The van der Waals surface area contributed by atoms with E-state index in [4.69, 9.17) is 5.73 Å². The van der Waals surface area contributed by atoms with Crippen LogP contribution in [0.15, 0.2) is 48.5 Å². The molecule has 0 saturated heterocycles. The number of nitrogens with two attached hydrogens (primary N) is 1. The molecular weight excluding hydrogens is 260 g/mol. The highest BCUT2D eigenvalue weighted by atomic mass is 32.2. The third-order valence-electron chi connectivity index (χ3n) is 2.72. The van der Waals surface area contributed by atoms with E-state index in [2.05, 4.69) is 4.72 Å². The van der Waals surface area contributed by atoms with Gasteiger partial charge in [0.2, 0.25) is 10.0 Å². The Morgan fingerprint density at radius 1 is 1.11 bits per heavy atom. The van der Waals surface area contributed by atoms with Gasteiger partial charge in [-0.3, -0.25) is 4.72 Å². The Kier molecular flexibility index (Phi) is 3.76. The number of aryl methyl sites for hydroxylation is 1. The fourth-order valence-corrected chi connectivity index (χ4v) is 3.05. The van der Waals surface area contributed by atoms with Crippen LogP contribution in [0.5, 0.6) is 0 Å². The molecule has 0 spiro atoms. The first-order chi connectivity index (χ1) is 8.96. The standard InChI is InChI=1S/C14H16N2O2S/c1-11-5-2-3-8-14(11)16-19(17,18)10-12-6-4-7-13(15)9-12/h2-9,16H,10,15H2,1H3. The van der Waals surface area contributed by atoms with Gasteiger partial charge in [0.05, 0.1) is 11.4 Å². The summed E-state index contributed by atoms with van der Waals surface area (Å²) < 4.78 is 26.7. The van der Waals surface area contributed by atoms with Crippen LogP contribution in [-0.2, 0) is 15.8 Å². The van der Waals surface area contributed by atoms with Crippen LogP contribution < -0.4 is 10.5 Å². The molecule has 4 nitrogen and oxygen atoms in total. The van der Waals surface area contributed by atoms with Crippen molar-refractivity contribution in [3.05, 3.63) is 59.7 Å². The van der Waals surface area contributed by atoms with Crippen molar-refractivity contribution in [1.29, 1.82) is 0 Å². The van der Waals surface area contributed by atoms with Crippen molar-refractivity contribution in [3.8, 4) is 0 Å². The summed E-state index contributed by atoms with van der Waals surface area (Å²) >= 11 is 0. The number of nitrogens with one attached hydrogen (secondary N) is 1. The Labute approximate surface area is 113 Å². The SMILES string of the molecule is Cc1ccccc1NS(=O)(=O)Cc1cccc(N)c1. The highest BCUT2D eigenvalue weighted by Crippen LogP contribution is 2.17. The predicted molar refractivity (Wildman–Crippen MR) is 78.3 cm³/mol. The first kappa shape index (κ1) is 13.4. The normalized spacial score (nSPS) is 11.2. The van der Waals surface area contributed by atoms with Crippen LogP contribution in [-0.4, -0.2) is 8.42 Å². The Bertz CT molecular complexity index is 681. The summed E-state index contributed by atoms with van der Waals surface area (Å²) in [5, 5.41) is 0. The quantitative estimate of drug-likeness (QED) is 0.843. The molecule has 2 aromatic carbocycles. The van der Waals surface area contributed by atoms with Gasteiger partial charge >= 0.3 is 0 Å². The molecule has 2 aromatic rings. The minimum absolute atomic E-state index is 0.0909. The van der Waals surface area contributed by atoms with Gasteiger partial charge in [-0.1, -0.05) is 30.3 Å². The van der Waals surface area contributed by atoms with E-state index in [-0.39, 0.29) is 5.75 Å². The average molecular weight is 276 g/mol. The van der Waals surface area contributed by atoms with E-state index in [0.717, 1.165) is 5.56 Å². The maximum absolute atomic E-state index is 12.1. The lowest BCUT2D eigenvalue weighted by atomic mass is 10.2. The van der Waals surface area contributed by atoms with Crippen LogP contribution in [0.25, 0.3) is 0 Å². The molecule has 0 fully saturated rings. The number of sulfonamides is 1. The lowest BCUT2D eigenvalue weighted by Crippen LogP contribution is -2.15. The van der Waals surface area contributed by atoms with Crippen molar-refractivity contribution in [3.63, 3.8) is 0 Å². The van der Waals surface area contributed by atoms with Crippen molar-refractivity contribution in [2.45, 2.75) is 12.7 Å². The van der Waals surface area contributed by atoms with Crippen molar-refractivity contribution in [2.24, 2.45) is 0 Å². The molecule has 0 aliphatic rings. The summed E-state index contributed by atoms with van der Waals surface area (Å²) in [4.78, 5) is 0. The Balaban J connectivity index is 2.18. The molecule has 0 atom stereocenters. The van der Waals surface area contributed by atoms with Crippen molar-refractivity contribution < 1.29 is 8.42 Å². The fraction of sp³-hybridized carbons (Fsp3) is 0.143. The molecule has 5 heteroatoms. The van der Waals surface area contributed by atoms with E-state index in [1.54, 1.807) is 36.4 Å². The average Bonchev–Trinajstić information content (AvgIpc) is 2.31. The summed E-state index contributed by atoms with van der Waals surface area (Å²) in [6, 6.07) is 14.1. The number of hydrogen-bond acceptors (Lipinski definition) is 3. The minimum Gasteiger partial charge on any atom is -0.399 e. The third kappa shape index (κ3) is 3.72. The molecule has 19 heavy (non-hydrogen) atoms. The second-order valence-corrected chi connectivity index (χ2v) is 6.14.